The summed E-state index contributed by atoms with van der Waals surface area (Å²) in [6.07, 6.45) is 0.924. The van der Waals surface area contributed by atoms with E-state index in [1.165, 1.54) is 51.7 Å². The molecule has 1 N–H and O–H groups in total. The Kier molecular flexibility index (Phi) is 7.99. The molecule has 31 heavy (non-hydrogen) atoms. The van der Waals surface area contributed by atoms with Crippen LogP contribution in [0.15, 0.2) is 30.3 Å². The lowest BCUT2D eigenvalue weighted by molar-refractivity contribution is -0.114. The number of hydrogen-bond acceptors (Lipinski definition) is 7. The fourth-order valence-electron chi connectivity index (χ4n) is 2.65. The second-order valence-corrected chi connectivity index (χ2v) is 8.83. The molecule has 0 aromatic heterocycles. The number of carbonyl (C=O) groups excluding carboxylic acids is 2. The third-order valence-corrected chi connectivity index (χ3v) is 6.03. The van der Waals surface area contributed by atoms with Crippen LogP contribution >= 0.6 is 23.2 Å². The van der Waals surface area contributed by atoms with Crippen molar-refractivity contribution in [2.45, 2.75) is 0 Å². The van der Waals surface area contributed by atoms with Crippen LogP contribution in [-0.2, 0) is 19.6 Å². The Balaban J connectivity index is 2.43. The highest BCUT2D eigenvalue weighted by Crippen LogP contribution is 2.35. The molecule has 0 heterocycles. The van der Waals surface area contributed by atoms with Crippen LogP contribution in [0, 0.1) is 0 Å². The van der Waals surface area contributed by atoms with Crippen molar-refractivity contribution >= 4 is 56.5 Å². The Morgan fingerprint density at radius 1 is 1.06 bits per heavy atom. The Morgan fingerprint density at radius 3 is 2.23 bits per heavy atom. The van der Waals surface area contributed by atoms with E-state index in [0.717, 1.165) is 10.6 Å². The Bertz CT molecular complexity index is 1110. The second-order valence-electron chi connectivity index (χ2n) is 6.14. The first-order chi connectivity index (χ1) is 14.5. The molecule has 0 bridgehead atoms. The molecule has 0 aliphatic rings. The fraction of sp³-hybridized carbons (Fsp3) is 0.263. The van der Waals surface area contributed by atoms with Gasteiger partial charge in [0, 0.05) is 12.1 Å². The lowest BCUT2D eigenvalue weighted by Crippen LogP contribution is -2.37. The number of methoxy groups -OCH3 is 3. The molecule has 0 spiro atoms. The van der Waals surface area contributed by atoms with E-state index in [-0.39, 0.29) is 38.5 Å². The predicted molar refractivity (Wildman–Crippen MR) is 118 cm³/mol. The number of rotatable bonds is 8. The van der Waals surface area contributed by atoms with Crippen LogP contribution in [0.25, 0.3) is 0 Å². The van der Waals surface area contributed by atoms with Crippen molar-refractivity contribution in [3.8, 4) is 11.5 Å². The number of nitrogens with one attached hydrogen (secondary N) is 1. The zero-order chi connectivity index (χ0) is 23.3. The molecule has 2 rings (SSSR count). The molecule has 0 aliphatic carbocycles. The van der Waals surface area contributed by atoms with E-state index in [4.69, 9.17) is 37.4 Å². The average molecular weight is 491 g/mol. The summed E-state index contributed by atoms with van der Waals surface area (Å²) in [7, 11) is 0.0392. The van der Waals surface area contributed by atoms with Crippen molar-refractivity contribution in [1.29, 1.82) is 0 Å². The van der Waals surface area contributed by atoms with Gasteiger partial charge in [-0.25, -0.2) is 13.2 Å². The smallest absolute Gasteiger partial charge is 0.340 e. The minimum atomic E-state index is -3.91. The van der Waals surface area contributed by atoms with Crippen molar-refractivity contribution in [2.75, 3.05) is 43.8 Å². The normalized spacial score (nSPS) is 10.9. The highest BCUT2D eigenvalue weighted by atomic mass is 35.5. The maximum Gasteiger partial charge on any atom is 0.340 e. The summed E-state index contributed by atoms with van der Waals surface area (Å²) in [6.45, 7) is -0.631. The topological polar surface area (TPSA) is 111 Å². The minimum Gasteiger partial charge on any atom is -0.493 e. The van der Waals surface area contributed by atoms with Gasteiger partial charge < -0.3 is 19.5 Å². The van der Waals surface area contributed by atoms with Crippen LogP contribution < -0.4 is 19.1 Å². The number of halogens is 2. The number of esters is 1. The van der Waals surface area contributed by atoms with Crippen LogP contribution in [-0.4, -0.2) is 54.4 Å². The summed E-state index contributed by atoms with van der Waals surface area (Å²) in [6, 6.07) is 7.10. The third kappa shape index (κ3) is 5.72. The van der Waals surface area contributed by atoms with Crippen molar-refractivity contribution in [2.24, 2.45) is 0 Å². The van der Waals surface area contributed by atoms with Crippen molar-refractivity contribution in [3.05, 3.63) is 45.9 Å². The van der Waals surface area contributed by atoms with E-state index in [9.17, 15) is 18.0 Å². The van der Waals surface area contributed by atoms with Crippen molar-refractivity contribution in [1.82, 2.24) is 0 Å². The van der Waals surface area contributed by atoms with Crippen LogP contribution in [0.4, 0.5) is 11.4 Å². The molecule has 0 saturated carbocycles. The van der Waals surface area contributed by atoms with Crippen molar-refractivity contribution < 1.29 is 32.2 Å². The molecule has 1 amide bonds. The fourth-order valence-corrected chi connectivity index (χ4v) is 3.96. The average Bonchev–Trinajstić information content (AvgIpc) is 2.72. The van der Waals surface area contributed by atoms with Crippen molar-refractivity contribution in [3.63, 3.8) is 0 Å². The molecular formula is C19H20Cl2N2O7S. The van der Waals surface area contributed by atoms with Gasteiger partial charge in [0.15, 0.2) is 11.5 Å². The van der Waals surface area contributed by atoms with Gasteiger partial charge in [-0.1, -0.05) is 29.3 Å². The quantitative estimate of drug-likeness (QED) is 0.565. The SMILES string of the molecule is COC(=O)c1cc(OC)c(OC)cc1NC(=O)CN(c1cccc(Cl)c1Cl)S(C)(=O)=O. The lowest BCUT2D eigenvalue weighted by Gasteiger charge is -2.23. The number of nitrogens with zero attached hydrogens (tertiary/aromatic N) is 1. The number of sulfonamides is 1. The molecule has 12 heteroatoms. The number of benzene rings is 2. The third-order valence-electron chi connectivity index (χ3n) is 4.09. The monoisotopic (exact) mass is 490 g/mol. The molecule has 0 radical (unpaired) electrons. The summed E-state index contributed by atoms with van der Waals surface area (Å²) in [4.78, 5) is 24.9. The Labute approximate surface area is 189 Å². The molecule has 0 aliphatic heterocycles. The standard InChI is InChI=1S/C19H20Cl2N2O7S/c1-28-15-8-11(19(25)30-3)13(9-16(15)29-2)22-17(24)10-23(31(4,26)27)14-7-5-6-12(20)18(14)21/h5-9H,10H2,1-4H3,(H,22,24). The molecular weight excluding hydrogens is 471 g/mol. The van der Waals surface area contributed by atoms with Gasteiger partial charge >= 0.3 is 5.97 Å². The summed E-state index contributed by atoms with van der Waals surface area (Å²) in [5, 5.41) is 2.60. The molecule has 0 saturated heterocycles. The van der Waals surface area contributed by atoms with Gasteiger partial charge in [0.1, 0.15) is 6.54 Å². The van der Waals surface area contributed by atoms with E-state index < -0.39 is 28.4 Å². The first-order valence-electron chi connectivity index (χ1n) is 8.59. The van der Waals surface area contributed by atoms with Crippen LogP contribution in [0.5, 0.6) is 11.5 Å². The van der Waals surface area contributed by atoms with Gasteiger partial charge in [-0.2, -0.15) is 0 Å². The number of carbonyl (C=O) groups is 2. The summed E-state index contributed by atoms with van der Waals surface area (Å²) in [5.74, 6) is -1.01. The first-order valence-corrected chi connectivity index (χ1v) is 11.2. The summed E-state index contributed by atoms with van der Waals surface area (Å²) >= 11 is 12.1. The number of hydrogen-bond donors (Lipinski definition) is 1. The predicted octanol–water partition coefficient (Wildman–Crippen LogP) is 3.20. The minimum absolute atomic E-state index is 0.0137. The van der Waals surface area contributed by atoms with Gasteiger partial charge in [0.2, 0.25) is 15.9 Å². The number of ether oxygens (including phenoxy) is 3. The highest BCUT2D eigenvalue weighted by Gasteiger charge is 2.25. The van der Waals surface area contributed by atoms with E-state index in [0.29, 0.717) is 0 Å². The second kappa shape index (κ2) is 10.1. The van der Waals surface area contributed by atoms with Crippen LogP contribution in [0.2, 0.25) is 10.0 Å². The summed E-state index contributed by atoms with van der Waals surface area (Å²) in [5.41, 5.74) is 0.0626. The van der Waals surface area contributed by atoms with E-state index in [2.05, 4.69) is 5.32 Å². The van der Waals surface area contributed by atoms with Gasteiger partial charge in [0.25, 0.3) is 0 Å². The lowest BCUT2D eigenvalue weighted by atomic mass is 10.1. The molecule has 0 unspecified atom stereocenters. The van der Waals surface area contributed by atoms with Crippen LogP contribution in [0.3, 0.4) is 0 Å². The zero-order valence-electron chi connectivity index (χ0n) is 17.1. The maximum atomic E-state index is 12.7. The zero-order valence-corrected chi connectivity index (χ0v) is 19.4. The van der Waals surface area contributed by atoms with Gasteiger partial charge in [0.05, 0.1) is 54.6 Å². The number of anilines is 2. The van der Waals surface area contributed by atoms with E-state index in [1.54, 1.807) is 0 Å². The molecule has 168 valence electrons. The number of amides is 1. The highest BCUT2D eigenvalue weighted by molar-refractivity contribution is 7.92. The molecule has 0 atom stereocenters. The van der Waals surface area contributed by atoms with E-state index >= 15 is 0 Å². The summed E-state index contributed by atoms with van der Waals surface area (Å²) < 4.78 is 40.5. The first kappa shape index (κ1) is 24.6. The van der Waals surface area contributed by atoms with Gasteiger partial charge in [-0.3, -0.25) is 9.10 Å². The van der Waals surface area contributed by atoms with Gasteiger partial charge in [-0.15, -0.1) is 0 Å². The van der Waals surface area contributed by atoms with E-state index in [1.807, 2.05) is 0 Å². The molecule has 2 aromatic rings. The molecule has 9 nitrogen and oxygen atoms in total. The Morgan fingerprint density at radius 2 is 1.68 bits per heavy atom. The molecule has 0 fully saturated rings. The largest absolute Gasteiger partial charge is 0.493 e. The van der Waals surface area contributed by atoms with Crippen LogP contribution in [0.1, 0.15) is 10.4 Å². The van der Waals surface area contributed by atoms with Gasteiger partial charge in [-0.05, 0) is 12.1 Å². The maximum absolute atomic E-state index is 12.7. The molecule has 2 aromatic carbocycles. The Hall–Kier alpha value is -2.69.